The molecular formula is C10H15N5O3S. The highest BCUT2D eigenvalue weighted by molar-refractivity contribution is 7.89. The van der Waals surface area contributed by atoms with E-state index in [4.69, 9.17) is 0 Å². The minimum Gasteiger partial charge on any atom is -0.364 e. The summed E-state index contributed by atoms with van der Waals surface area (Å²) in [7, 11) is -1.76. The molecule has 0 fully saturated rings. The molecule has 0 unspecified atom stereocenters. The van der Waals surface area contributed by atoms with Crippen LogP contribution in [0.2, 0.25) is 0 Å². The molecule has 0 saturated carbocycles. The van der Waals surface area contributed by atoms with E-state index in [0.717, 1.165) is 0 Å². The Balaban J connectivity index is 2.00. The van der Waals surface area contributed by atoms with E-state index in [1.807, 2.05) is 7.05 Å². The highest BCUT2D eigenvalue weighted by Crippen LogP contribution is 2.07. The molecule has 19 heavy (non-hydrogen) atoms. The summed E-state index contributed by atoms with van der Waals surface area (Å²) in [6.07, 6.45) is 4.20. The minimum atomic E-state index is -3.58. The van der Waals surface area contributed by atoms with Crippen LogP contribution < -0.4 is 10.0 Å². The van der Waals surface area contributed by atoms with Gasteiger partial charge < -0.3 is 9.84 Å². The van der Waals surface area contributed by atoms with Crippen molar-refractivity contribution in [1.29, 1.82) is 0 Å². The van der Waals surface area contributed by atoms with Crippen molar-refractivity contribution in [2.45, 2.75) is 18.0 Å². The second kappa shape index (κ2) is 5.95. The first-order valence-electron chi connectivity index (χ1n) is 5.68. The van der Waals surface area contributed by atoms with Crippen LogP contribution >= 0.6 is 0 Å². The molecule has 0 radical (unpaired) electrons. The summed E-state index contributed by atoms with van der Waals surface area (Å²) in [6, 6.07) is 1.60. The molecule has 0 aliphatic carbocycles. The predicted molar refractivity (Wildman–Crippen MR) is 66.7 cm³/mol. The van der Waals surface area contributed by atoms with E-state index >= 15 is 0 Å². The number of nitrogens with zero attached hydrogens (tertiary/aromatic N) is 3. The molecule has 0 aliphatic rings. The lowest BCUT2D eigenvalue weighted by Crippen LogP contribution is -2.23. The van der Waals surface area contributed by atoms with Gasteiger partial charge in [0.1, 0.15) is 11.2 Å². The molecule has 0 amide bonds. The van der Waals surface area contributed by atoms with E-state index in [2.05, 4.69) is 24.8 Å². The largest absolute Gasteiger partial charge is 0.364 e. The van der Waals surface area contributed by atoms with Gasteiger partial charge in [0, 0.05) is 18.8 Å². The number of aromatic nitrogens is 3. The van der Waals surface area contributed by atoms with E-state index < -0.39 is 10.0 Å². The monoisotopic (exact) mass is 285 g/mol. The lowest BCUT2D eigenvalue weighted by Gasteiger charge is -2.02. The normalized spacial score (nSPS) is 11.8. The van der Waals surface area contributed by atoms with Gasteiger partial charge in [-0.2, -0.15) is 5.10 Å². The van der Waals surface area contributed by atoms with Crippen molar-refractivity contribution in [2.75, 3.05) is 13.6 Å². The molecule has 2 heterocycles. The van der Waals surface area contributed by atoms with Gasteiger partial charge in [-0.25, -0.2) is 13.1 Å². The maximum atomic E-state index is 12.0. The van der Waals surface area contributed by atoms with Crippen LogP contribution in [-0.4, -0.2) is 36.9 Å². The fourth-order valence-electron chi connectivity index (χ4n) is 1.41. The number of sulfonamides is 1. The molecule has 2 rings (SSSR count). The van der Waals surface area contributed by atoms with E-state index in [9.17, 15) is 8.42 Å². The SMILES string of the molecule is CNCCn1cc(S(=O)(=O)NCc2ccon2)cn1. The first-order chi connectivity index (χ1) is 9.12. The molecule has 0 saturated heterocycles. The number of nitrogens with one attached hydrogen (secondary N) is 2. The van der Waals surface area contributed by atoms with Gasteiger partial charge in [-0.1, -0.05) is 5.16 Å². The zero-order chi connectivity index (χ0) is 13.7. The number of rotatable bonds is 7. The second-order valence-electron chi connectivity index (χ2n) is 3.86. The Bertz CT molecular complexity index is 605. The molecule has 2 aromatic rings. The Kier molecular flexibility index (Phi) is 4.30. The highest BCUT2D eigenvalue weighted by atomic mass is 32.2. The Morgan fingerprint density at radius 3 is 3.00 bits per heavy atom. The summed E-state index contributed by atoms with van der Waals surface area (Å²) in [5, 5.41) is 10.6. The second-order valence-corrected chi connectivity index (χ2v) is 5.62. The zero-order valence-corrected chi connectivity index (χ0v) is 11.2. The van der Waals surface area contributed by atoms with Crippen LogP contribution in [0.15, 0.2) is 34.1 Å². The third-order valence-corrected chi connectivity index (χ3v) is 3.80. The standard InChI is InChI=1S/C10H15N5O3S/c1-11-3-4-15-8-10(7-12-15)19(16,17)13-6-9-2-5-18-14-9/h2,5,7-8,11,13H,3-4,6H2,1H3. The van der Waals surface area contributed by atoms with Gasteiger partial charge in [-0.05, 0) is 7.05 Å². The van der Waals surface area contributed by atoms with Crippen LogP contribution in [0.3, 0.4) is 0 Å². The van der Waals surface area contributed by atoms with Crippen LogP contribution in [0.5, 0.6) is 0 Å². The van der Waals surface area contributed by atoms with Crippen LogP contribution in [0.25, 0.3) is 0 Å². The van der Waals surface area contributed by atoms with Crippen molar-refractivity contribution in [2.24, 2.45) is 0 Å². The van der Waals surface area contributed by atoms with Gasteiger partial charge in [-0.3, -0.25) is 4.68 Å². The third-order valence-electron chi connectivity index (χ3n) is 2.45. The molecule has 0 bridgehead atoms. The lowest BCUT2D eigenvalue weighted by molar-refractivity contribution is 0.411. The summed E-state index contributed by atoms with van der Waals surface area (Å²) in [5.74, 6) is 0. The van der Waals surface area contributed by atoms with E-state index in [0.29, 0.717) is 18.8 Å². The summed E-state index contributed by atoms with van der Waals surface area (Å²) < 4.78 is 32.6. The number of hydrogen-bond acceptors (Lipinski definition) is 6. The van der Waals surface area contributed by atoms with Crippen molar-refractivity contribution in [3.05, 3.63) is 30.4 Å². The van der Waals surface area contributed by atoms with Crippen molar-refractivity contribution < 1.29 is 12.9 Å². The maximum absolute atomic E-state index is 12.0. The quantitative estimate of drug-likeness (QED) is 0.715. The Morgan fingerprint density at radius 2 is 2.32 bits per heavy atom. The van der Waals surface area contributed by atoms with Crippen LogP contribution in [0.4, 0.5) is 0 Å². The molecule has 8 nitrogen and oxygen atoms in total. The Hall–Kier alpha value is -1.71. The van der Waals surface area contributed by atoms with Crippen LogP contribution in [0.1, 0.15) is 5.69 Å². The Labute approximate surface area is 110 Å². The molecule has 0 aromatic carbocycles. The lowest BCUT2D eigenvalue weighted by atomic mass is 10.5. The molecule has 0 aliphatic heterocycles. The minimum absolute atomic E-state index is 0.0839. The number of likely N-dealkylation sites (N-methyl/N-ethyl adjacent to an activating group) is 1. The van der Waals surface area contributed by atoms with Crippen LogP contribution in [-0.2, 0) is 23.1 Å². The molecule has 2 N–H and O–H groups in total. The van der Waals surface area contributed by atoms with Crippen molar-refractivity contribution in [3.63, 3.8) is 0 Å². The maximum Gasteiger partial charge on any atom is 0.244 e. The van der Waals surface area contributed by atoms with Gasteiger partial charge in [-0.15, -0.1) is 0 Å². The predicted octanol–water partition coefficient (Wildman–Crippen LogP) is -0.431. The third kappa shape index (κ3) is 3.63. The summed E-state index contributed by atoms with van der Waals surface area (Å²) in [4.78, 5) is 0.132. The fourth-order valence-corrected chi connectivity index (χ4v) is 2.36. The Morgan fingerprint density at radius 1 is 1.47 bits per heavy atom. The van der Waals surface area contributed by atoms with Crippen molar-refractivity contribution in [3.8, 4) is 0 Å². The van der Waals surface area contributed by atoms with Gasteiger partial charge in [0.25, 0.3) is 0 Å². The fraction of sp³-hybridized carbons (Fsp3) is 0.400. The number of hydrogen-bond donors (Lipinski definition) is 2. The molecule has 0 spiro atoms. The molecule has 9 heteroatoms. The topological polar surface area (TPSA) is 102 Å². The smallest absolute Gasteiger partial charge is 0.244 e. The molecule has 104 valence electrons. The molecular weight excluding hydrogens is 270 g/mol. The van der Waals surface area contributed by atoms with Gasteiger partial charge in [0.2, 0.25) is 10.0 Å². The van der Waals surface area contributed by atoms with Crippen molar-refractivity contribution >= 4 is 10.0 Å². The summed E-state index contributed by atoms with van der Waals surface area (Å²) in [5.41, 5.74) is 0.520. The first-order valence-corrected chi connectivity index (χ1v) is 7.16. The van der Waals surface area contributed by atoms with Gasteiger partial charge in [0.15, 0.2) is 0 Å². The average Bonchev–Trinajstić information content (AvgIpc) is 3.05. The van der Waals surface area contributed by atoms with Gasteiger partial charge in [0.05, 0.1) is 25.0 Å². The summed E-state index contributed by atoms with van der Waals surface area (Å²) in [6.45, 7) is 1.41. The zero-order valence-electron chi connectivity index (χ0n) is 10.4. The van der Waals surface area contributed by atoms with E-state index in [1.165, 1.54) is 18.7 Å². The highest BCUT2D eigenvalue weighted by Gasteiger charge is 2.16. The van der Waals surface area contributed by atoms with Crippen molar-refractivity contribution in [1.82, 2.24) is 25.0 Å². The molecule has 2 aromatic heterocycles. The van der Waals surface area contributed by atoms with E-state index in [-0.39, 0.29) is 11.4 Å². The van der Waals surface area contributed by atoms with Crippen LogP contribution in [0, 0.1) is 0 Å². The summed E-state index contributed by atoms with van der Waals surface area (Å²) >= 11 is 0. The van der Waals surface area contributed by atoms with Gasteiger partial charge >= 0.3 is 0 Å². The average molecular weight is 285 g/mol. The van der Waals surface area contributed by atoms with E-state index in [1.54, 1.807) is 10.7 Å². The first kappa shape index (κ1) is 13.7. The molecule has 0 atom stereocenters.